The molecule has 5 nitrogen and oxygen atoms in total. The Hall–Kier alpha value is -3.73. The van der Waals surface area contributed by atoms with Crippen LogP contribution in [0.15, 0.2) is 78.9 Å². The third-order valence-corrected chi connectivity index (χ3v) is 6.47. The first-order chi connectivity index (χ1) is 18.1. The second kappa shape index (κ2) is 14.7. The van der Waals surface area contributed by atoms with Crippen molar-refractivity contribution in [1.82, 2.24) is 0 Å². The summed E-state index contributed by atoms with van der Waals surface area (Å²) in [5.74, 6) is -0.668. The van der Waals surface area contributed by atoms with E-state index in [1.165, 1.54) is 0 Å². The van der Waals surface area contributed by atoms with Gasteiger partial charge in [-0.25, -0.2) is 4.79 Å². The van der Waals surface area contributed by atoms with Gasteiger partial charge in [-0.1, -0.05) is 92.9 Å². The number of hydrogen-bond acceptors (Lipinski definition) is 5. The summed E-state index contributed by atoms with van der Waals surface area (Å²) in [5, 5.41) is 0. The van der Waals surface area contributed by atoms with Crippen molar-refractivity contribution in [1.29, 1.82) is 0 Å². The van der Waals surface area contributed by atoms with E-state index in [0.717, 1.165) is 31.2 Å². The van der Waals surface area contributed by atoms with Crippen LogP contribution in [0, 0.1) is 5.92 Å². The summed E-state index contributed by atoms with van der Waals surface area (Å²) in [6.07, 6.45) is 5.22. The smallest absolute Gasteiger partial charge is 0.338 e. The Labute approximate surface area is 219 Å². The molecule has 194 valence electrons. The fourth-order valence-electron chi connectivity index (χ4n) is 4.41. The van der Waals surface area contributed by atoms with Gasteiger partial charge in [-0.3, -0.25) is 9.59 Å². The molecule has 3 aromatic rings. The van der Waals surface area contributed by atoms with Gasteiger partial charge in [0.1, 0.15) is 5.75 Å². The number of unbranched alkanes of at least 4 members (excludes halogenated alkanes) is 3. The Morgan fingerprint density at radius 3 is 1.92 bits per heavy atom. The average Bonchev–Trinajstić information content (AvgIpc) is 2.95. The summed E-state index contributed by atoms with van der Waals surface area (Å²) in [5.41, 5.74) is 2.48. The summed E-state index contributed by atoms with van der Waals surface area (Å²) in [6.45, 7) is 2.45. The highest BCUT2D eigenvalue weighted by molar-refractivity contribution is 6.16. The quantitative estimate of drug-likeness (QED) is 0.0960. The van der Waals surface area contributed by atoms with E-state index < -0.39 is 5.92 Å². The minimum atomic E-state index is -0.722. The van der Waals surface area contributed by atoms with Gasteiger partial charge in [0.15, 0.2) is 11.6 Å². The van der Waals surface area contributed by atoms with E-state index in [-0.39, 0.29) is 17.5 Å². The first kappa shape index (κ1) is 27.9. The van der Waals surface area contributed by atoms with Crippen LogP contribution >= 0.6 is 0 Å². The van der Waals surface area contributed by atoms with Crippen LogP contribution in [0.25, 0.3) is 0 Å². The average molecular weight is 501 g/mol. The summed E-state index contributed by atoms with van der Waals surface area (Å²) < 4.78 is 11.0. The van der Waals surface area contributed by atoms with Crippen molar-refractivity contribution in [2.75, 3.05) is 13.7 Å². The highest BCUT2D eigenvalue weighted by Gasteiger charge is 2.28. The second-order valence-electron chi connectivity index (χ2n) is 9.09. The molecule has 0 aliphatic carbocycles. The molecule has 0 aliphatic heterocycles. The van der Waals surface area contributed by atoms with E-state index in [1.54, 1.807) is 43.5 Å². The molecule has 0 N–H and O–H groups in total. The van der Waals surface area contributed by atoms with Crippen LogP contribution in [0.3, 0.4) is 0 Å². The second-order valence-corrected chi connectivity index (χ2v) is 9.09. The zero-order valence-electron chi connectivity index (χ0n) is 21.8. The van der Waals surface area contributed by atoms with Gasteiger partial charge in [-0.05, 0) is 37.8 Å². The SMILES string of the molecule is CCCCOC(=O)c1cccc(OC)c1CCCCCC(C(=O)c1ccccc1)C(=O)c1ccccc1. The van der Waals surface area contributed by atoms with E-state index in [2.05, 4.69) is 6.92 Å². The molecule has 3 rings (SSSR count). The number of rotatable bonds is 15. The number of methoxy groups -OCH3 is 1. The lowest BCUT2D eigenvalue weighted by atomic mass is 9.86. The molecule has 0 unspecified atom stereocenters. The normalized spacial score (nSPS) is 10.8. The zero-order valence-corrected chi connectivity index (χ0v) is 21.8. The molecule has 0 saturated heterocycles. The summed E-state index contributed by atoms with van der Waals surface area (Å²) >= 11 is 0. The van der Waals surface area contributed by atoms with Crippen LogP contribution in [0.5, 0.6) is 5.75 Å². The fraction of sp³-hybridized carbons (Fsp3) is 0.344. The maximum absolute atomic E-state index is 13.3. The maximum atomic E-state index is 13.3. The van der Waals surface area contributed by atoms with Gasteiger partial charge >= 0.3 is 5.97 Å². The lowest BCUT2D eigenvalue weighted by Crippen LogP contribution is -2.24. The molecule has 0 bridgehead atoms. The Bertz CT molecular complexity index is 1100. The van der Waals surface area contributed by atoms with Crippen LogP contribution in [-0.2, 0) is 11.2 Å². The van der Waals surface area contributed by atoms with Crippen molar-refractivity contribution in [3.05, 3.63) is 101 Å². The summed E-state index contributed by atoms with van der Waals surface area (Å²) in [7, 11) is 1.60. The molecular formula is C32H36O5. The van der Waals surface area contributed by atoms with E-state index in [4.69, 9.17) is 9.47 Å². The van der Waals surface area contributed by atoms with Gasteiger partial charge in [0.25, 0.3) is 0 Å². The predicted molar refractivity (Wildman–Crippen MR) is 145 cm³/mol. The molecule has 0 heterocycles. The molecule has 5 heteroatoms. The van der Waals surface area contributed by atoms with E-state index >= 15 is 0 Å². The third kappa shape index (κ3) is 7.88. The van der Waals surface area contributed by atoms with E-state index in [1.807, 2.05) is 42.5 Å². The molecule has 37 heavy (non-hydrogen) atoms. The number of esters is 1. The molecule has 0 amide bonds. The van der Waals surface area contributed by atoms with Crippen molar-refractivity contribution < 1.29 is 23.9 Å². The van der Waals surface area contributed by atoms with E-state index in [0.29, 0.717) is 48.3 Å². The summed E-state index contributed by atoms with van der Waals surface area (Å²) in [6, 6.07) is 23.4. The Balaban J connectivity index is 1.65. The molecule has 0 saturated carbocycles. The number of ether oxygens (including phenoxy) is 2. The number of hydrogen-bond donors (Lipinski definition) is 0. The molecular weight excluding hydrogens is 464 g/mol. The largest absolute Gasteiger partial charge is 0.496 e. The topological polar surface area (TPSA) is 69.7 Å². The van der Waals surface area contributed by atoms with Crippen LogP contribution < -0.4 is 4.74 Å². The third-order valence-electron chi connectivity index (χ3n) is 6.47. The zero-order chi connectivity index (χ0) is 26.5. The van der Waals surface area contributed by atoms with Gasteiger partial charge in [-0.15, -0.1) is 0 Å². The first-order valence-electron chi connectivity index (χ1n) is 13.1. The van der Waals surface area contributed by atoms with Crippen LogP contribution in [0.1, 0.15) is 82.1 Å². The molecule has 0 atom stereocenters. The fourth-order valence-corrected chi connectivity index (χ4v) is 4.41. The minimum absolute atomic E-state index is 0.142. The predicted octanol–water partition coefficient (Wildman–Crippen LogP) is 7.14. The van der Waals surface area contributed by atoms with E-state index in [9.17, 15) is 14.4 Å². The molecule has 0 fully saturated rings. The van der Waals surface area contributed by atoms with Gasteiger partial charge in [-0.2, -0.15) is 0 Å². The molecule has 0 radical (unpaired) electrons. The molecule has 0 spiro atoms. The monoisotopic (exact) mass is 500 g/mol. The van der Waals surface area contributed by atoms with Gasteiger partial charge in [0, 0.05) is 16.7 Å². The van der Waals surface area contributed by atoms with Gasteiger partial charge < -0.3 is 9.47 Å². The maximum Gasteiger partial charge on any atom is 0.338 e. The molecule has 0 aromatic heterocycles. The van der Waals surface area contributed by atoms with Crippen LogP contribution in [0.4, 0.5) is 0 Å². The van der Waals surface area contributed by atoms with Crippen molar-refractivity contribution in [3.8, 4) is 5.75 Å². The molecule has 0 aliphatic rings. The van der Waals surface area contributed by atoms with Crippen LogP contribution in [-0.4, -0.2) is 31.3 Å². The number of carbonyl (C=O) groups is 3. The van der Waals surface area contributed by atoms with Crippen molar-refractivity contribution in [2.45, 2.75) is 51.9 Å². The lowest BCUT2D eigenvalue weighted by molar-refractivity contribution is 0.0497. The Morgan fingerprint density at radius 2 is 1.35 bits per heavy atom. The minimum Gasteiger partial charge on any atom is -0.496 e. The van der Waals surface area contributed by atoms with Crippen molar-refractivity contribution >= 4 is 17.5 Å². The molecule has 3 aromatic carbocycles. The number of ketones is 2. The number of Topliss-reactive ketones (excluding diaryl/α,β-unsaturated/α-hetero) is 2. The van der Waals surface area contributed by atoms with Crippen LogP contribution in [0.2, 0.25) is 0 Å². The van der Waals surface area contributed by atoms with Gasteiger partial charge in [0.2, 0.25) is 0 Å². The summed E-state index contributed by atoms with van der Waals surface area (Å²) in [4.78, 5) is 39.2. The highest BCUT2D eigenvalue weighted by Crippen LogP contribution is 2.27. The number of benzene rings is 3. The standard InChI is InChI=1S/C32H36O5/c1-3-4-23-37-32(35)27-21-14-22-29(36-2)26(27)19-12-7-13-20-28(30(33)24-15-8-5-9-16-24)31(34)25-17-10-6-11-18-25/h5-6,8-11,14-18,21-22,28H,3-4,7,12-13,19-20,23H2,1-2H3. The van der Waals surface area contributed by atoms with Crippen molar-refractivity contribution in [2.24, 2.45) is 5.92 Å². The first-order valence-corrected chi connectivity index (χ1v) is 13.1. The Morgan fingerprint density at radius 1 is 0.730 bits per heavy atom. The lowest BCUT2D eigenvalue weighted by Gasteiger charge is -2.16. The van der Waals surface area contributed by atoms with Crippen molar-refractivity contribution in [3.63, 3.8) is 0 Å². The van der Waals surface area contributed by atoms with Gasteiger partial charge in [0.05, 0.1) is 25.2 Å². The Kier molecular flexibility index (Phi) is 11.1. The number of carbonyl (C=O) groups excluding carboxylic acids is 3. The highest BCUT2D eigenvalue weighted by atomic mass is 16.5.